The minimum absolute atomic E-state index is 0.0435. The van der Waals surface area contributed by atoms with Crippen molar-refractivity contribution in [2.75, 3.05) is 18.5 Å². The molecule has 0 radical (unpaired) electrons. The number of pyridine rings is 1. The van der Waals surface area contributed by atoms with Crippen LogP contribution in [0.5, 0.6) is 5.75 Å². The highest BCUT2D eigenvalue weighted by Crippen LogP contribution is 2.41. The second-order valence-corrected chi connectivity index (χ2v) is 17.4. The van der Waals surface area contributed by atoms with Gasteiger partial charge in [-0.2, -0.15) is 18.2 Å². The zero-order chi connectivity index (χ0) is 33.1. The average Bonchev–Trinajstić information content (AvgIpc) is 3.01. The number of nitrogens with one attached hydrogen (secondary N) is 1. The molecule has 46 heavy (non-hydrogen) atoms. The summed E-state index contributed by atoms with van der Waals surface area (Å²) in [6.07, 6.45) is -3.07. The van der Waals surface area contributed by atoms with Gasteiger partial charge >= 0.3 is 6.18 Å². The Bertz CT molecular complexity index is 1770. The number of benzene rings is 3. The van der Waals surface area contributed by atoms with E-state index in [0.717, 1.165) is 16.4 Å². The first-order valence-corrected chi connectivity index (χ1v) is 17.7. The van der Waals surface area contributed by atoms with E-state index in [4.69, 9.17) is 20.8 Å². The fourth-order valence-corrected chi connectivity index (χ4v) is 10.8. The zero-order valence-electron chi connectivity index (χ0n) is 25.7. The van der Waals surface area contributed by atoms with E-state index in [1.807, 2.05) is 36.4 Å². The van der Waals surface area contributed by atoms with Crippen LogP contribution >= 0.6 is 27.5 Å². The summed E-state index contributed by atoms with van der Waals surface area (Å²) in [6.45, 7) is 8.13. The van der Waals surface area contributed by atoms with Gasteiger partial charge < -0.3 is 14.5 Å². The Balaban J connectivity index is 1.46. The Labute approximate surface area is 280 Å². The van der Waals surface area contributed by atoms with Crippen LogP contribution in [0.4, 0.5) is 19.0 Å². The topological polar surface area (TPSA) is 69.2 Å². The molecule has 0 aliphatic rings. The average molecular weight is 730 g/mol. The molecule has 2 aromatic heterocycles. The summed E-state index contributed by atoms with van der Waals surface area (Å²) in [5, 5.41) is 5.55. The van der Waals surface area contributed by atoms with E-state index in [1.54, 1.807) is 25.3 Å². The highest BCUT2D eigenvalue weighted by molar-refractivity contribution is 9.10. The molecule has 6 nitrogen and oxygen atoms in total. The summed E-state index contributed by atoms with van der Waals surface area (Å²) >= 11 is 9.55. The van der Waals surface area contributed by atoms with Crippen molar-refractivity contribution in [1.29, 1.82) is 0 Å². The Morgan fingerprint density at radius 2 is 1.52 bits per heavy atom. The van der Waals surface area contributed by atoms with Gasteiger partial charge in [0, 0.05) is 16.2 Å². The lowest BCUT2D eigenvalue weighted by atomic mass is 10.0. The van der Waals surface area contributed by atoms with Gasteiger partial charge in [-0.3, -0.25) is 0 Å². The van der Waals surface area contributed by atoms with Crippen molar-refractivity contribution in [3.8, 4) is 5.75 Å². The monoisotopic (exact) mass is 728 g/mol. The van der Waals surface area contributed by atoms with E-state index in [9.17, 15) is 13.2 Å². The van der Waals surface area contributed by atoms with Crippen molar-refractivity contribution in [2.24, 2.45) is 0 Å². The lowest BCUT2D eigenvalue weighted by molar-refractivity contribution is -0.139. The summed E-state index contributed by atoms with van der Waals surface area (Å²) < 4.78 is 56.6. The fraction of sp³-hybridized carbons (Fsp3) is 0.265. The van der Waals surface area contributed by atoms with Gasteiger partial charge in [0.2, 0.25) is 5.28 Å². The van der Waals surface area contributed by atoms with E-state index < -0.39 is 26.1 Å². The first-order chi connectivity index (χ1) is 21.8. The van der Waals surface area contributed by atoms with E-state index >= 15 is 0 Å². The van der Waals surface area contributed by atoms with Gasteiger partial charge in [0.25, 0.3) is 8.32 Å². The van der Waals surface area contributed by atoms with Gasteiger partial charge in [-0.25, -0.2) is 9.97 Å². The second kappa shape index (κ2) is 13.7. The zero-order valence-corrected chi connectivity index (χ0v) is 29.0. The Kier molecular flexibility index (Phi) is 10.1. The summed E-state index contributed by atoms with van der Waals surface area (Å²) in [4.78, 5) is 12.7. The maximum absolute atomic E-state index is 14.3. The molecule has 0 aliphatic heterocycles. The van der Waals surface area contributed by atoms with E-state index in [2.05, 4.69) is 81.2 Å². The molecule has 0 fully saturated rings. The van der Waals surface area contributed by atoms with Gasteiger partial charge in [-0.1, -0.05) is 93.6 Å². The third kappa shape index (κ3) is 7.07. The number of aromatic nitrogens is 3. The standard InChI is InChI=1S/C34H33BrClF3N4O2Si/c1-22(41-31-27-20-23(35)21-40-30(27)42-32(36)43-31)26-16-11-17-28(34(37,38)39)29(26)44-18-19-45-46(33(2,3)4,24-12-7-5-8-13-24)25-14-9-6-10-15-25/h5-17,20-22H,18-19H2,1-4H3,(H,40,41,42,43)/t22-/m1/s1. The lowest BCUT2D eigenvalue weighted by Gasteiger charge is -2.43. The number of halogens is 5. The number of nitrogens with zero attached hydrogens (tertiary/aromatic N) is 3. The number of hydrogen-bond acceptors (Lipinski definition) is 6. The van der Waals surface area contributed by atoms with E-state index in [-0.39, 0.29) is 29.3 Å². The molecule has 0 saturated carbocycles. The number of fused-ring (bicyclic) bond motifs is 1. The smallest absolute Gasteiger partial charge is 0.419 e. The fourth-order valence-electron chi connectivity index (χ4n) is 5.73. The highest BCUT2D eigenvalue weighted by Gasteiger charge is 2.50. The molecular formula is C34H33BrClF3N4O2Si. The molecule has 5 rings (SSSR count). The summed E-state index contributed by atoms with van der Waals surface area (Å²) in [7, 11) is -2.91. The van der Waals surface area contributed by atoms with Crippen LogP contribution in [0.2, 0.25) is 10.3 Å². The van der Waals surface area contributed by atoms with Crippen LogP contribution in [0, 0.1) is 0 Å². The largest absolute Gasteiger partial charge is 0.490 e. The SMILES string of the molecule is C[C@@H](Nc1nc(Cl)nc2ncc(Br)cc12)c1cccc(C(F)(F)F)c1OCCO[Si](c1ccccc1)(c1ccccc1)C(C)(C)C. The molecule has 3 aromatic carbocycles. The van der Waals surface area contributed by atoms with E-state index in [0.29, 0.717) is 26.9 Å². The first kappa shape index (κ1) is 33.8. The van der Waals surface area contributed by atoms with Gasteiger partial charge in [0.15, 0.2) is 5.65 Å². The first-order valence-electron chi connectivity index (χ1n) is 14.6. The van der Waals surface area contributed by atoms with Gasteiger partial charge in [-0.05, 0) is 62.0 Å². The molecule has 0 unspecified atom stereocenters. The minimum atomic E-state index is -4.65. The predicted molar refractivity (Wildman–Crippen MR) is 183 cm³/mol. The molecule has 5 aromatic rings. The summed E-state index contributed by atoms with van der Waals surface area (Å²) in [5.41, 5.74) is -0.232. The van der Waals surface area contributed by atoms with E-state index in [1.165, 1.54) is 6.07 Å². The van der Waals surface area contributed by atoms with Crippen LogP contribution in [0.1, 0.15) is 44.9 Å². The number of rotatable bonds is 10. The number of anilines is 1. The number of ether oxygens (including phenoxy) is 1. The highest BCUT2D eigenvalue weighted by atomic mass is 79.9. The Hall–Kier alpha value is -3.51. The van der Waals surface area contributed by atoms with Crippen molar-refractivity contribution in [2.45, 2.75) is 45.0 Å². The van der Waals surface area contributed by atoms with Crippen LogP contribution in [0.3, 0.4) is 0 Å². The van der Waals surface area contributed by atoms with Gasteiger partial charge in [-0.15, -0.1) is 0 Å². The maximum Gasteiger partial charge on any atom is 0.419 e. The van der Waals surface area contributed by atoms with Crippen LogP contribution in [-0.2, 0) is 10.6 Å². The number of para-hydroxylation sites is 1. The van der Waals surface area contributed by atoms with Crippen molar-refractivity contribution in [1.82, 2.24) is 15.0 Å². The quantitative estimate of drug-likeness (QED) is 0.0883. The third-order valence-corrected chi connectivity index (χ3v) is 13.4. The number of hydrogen-bond donors (Lipinski definition) is 1. The third-order valence-electron chi connectivity index (χ3n) is 7.73. The molecule has 0 amide bonds. The molecular weight excluding hydrogens is 697 g/mol. The van der Waals surface area contributed by atoms with Crippen molar-refractivity contribution < 1.29 is 22.3 Å². The molecule has 1 atom stereocenters. The Morgan fingerprint density at radius 1 is 0.891 bits per heavy atom. The van der Waals surface area contributed by atoms with Crippen LogP contribution in [0.25, 0.3) is 11.0 Å². The molecule has 2 heterocycles. The predicted octanol–water partition coefficient (Wildman–Crippen LogP) is 8.59. The molecule has 0 saturated heterocycles. The van der Waals surface area contributed by atoms with Gasteiger partial charge in [0.1, 0.15) is 18.2 Å². The maximum atomic E-state index is 14.3. The Morgan fingerprint density at radius 3 is 2.11 bits per heavy atom. The summed E-state index contributed by atoms with van der Waals surface area (Å²) in [6, 6.07) is 25.2. The van der Waals surface area contributed by atoms with Crippen LogP contribution < -0.4 is 20.4 Å². The van der Waals surface area contributed by atoms with Crippen molar-refractivity contribution in [3.63, 3.8) is 0 Å². The van der Waals surface area contributed by atoms with Crippen LogP contribution in [-0.4, -0.2) is 36.5 Å². The molecule has 0 aliphatic carbocycles. The number of alkyl halides is 3. The molecule has 12 heteroatoms. The van der Waals surface area contributed by atoms with Crippen molar-refractivity contribution in [3.05, 3.63) is 112 Å². The normalized spacial score (nSPS) is 13.1. The molecule has 0 bridgehead atoms. The van der Waals surface area contributed by atoms with Gasteiger partial charge in [0.05, 0.1) is 23.6 Å². The molecule has 0 spiro atoms. The van der Waals surface area contributed by atoms with Crippen LogP contribution in [0.15, 0.2) is 95.6 Å². The summed E-state index contributed by atoms with van der Waals surface area (Å²) in [5.74, 6) is 0.0551. The lowest BCUT2D eigenvalue weighted by Crippen LogP contribution is -2.66. The van der Waals surface area contributed by atoms with Crippen molar-refractivity contribution >= 4 is 63.1 Å². The second-order valence-electron chi connectivity index (χ2n) is 11.8. The minimum Gasteiger partial charge on any atom is -0.490 e. The molecule has 240 valence electrons. The molecule has 1 N–H and O–H groups in total.